The number of hydrogen-bond acceptors (Lipinski definition) is 2. The van der Waals surface area contributed by atoms with Crippen LogP contribution in [0.25, 0.3) is 0 Å². The molecule has 2 nitrogen and oxygen atoms in total. The van der Waals surface area contributed by atoms with Gasteiger partial charge in [-0.1, -0.05) is 109 Å². The lowest BCUT2D eigenvalue weighted by molar-refractivity contribution is -0.0507. The van der Waals surface area contributed by atoms with Gasteiger partial charge in [0.05, 0.1) is 5.60 Å². The normalized spacial score (nSPS) is 28.3. The van der Waals surface area contributed by atoms with E-state index in [-0.39, 0.29) is 5.41 Å². The highest BCUT2D eigenvalue weighted by atomic mass is 16.3. The Hall–Kier alpha value is -0.860. The lowest BCUT2D eigenvalue weighted by Crippen LogP contribution is -2.43. The van der Waals surface area contributed by atoms with E-state index in [0.29, 0.717) is 5.92 Å². The fourth-order valence-electron chi connectivity index (χ4n) is 5.80. The average molecular weight is 428 g/mol. The van der Waals surface area contributed by atoms with Crippen LogP contribution in [-0.2, 0) is 11.0 Å². The minimum atomic E-state index is -0.693. The Morgan fingerprint density at radius 1 is 0.774 bits per heavy atom. The molecule has 1 aliphatic heterocycles. The van der Waals surface area contributed by atoms with Gasteiger partial charge in [0.15, 0.2) is 0 Å². The van der Waals surface area contributed by atoms with Crippen LogP contribution in [0.5, 0.6) is 0 Å². The fraction of sp³-hybridized carbons (Fsp3) is 0.793. The third-order valence-electron chi connectivity index (χ3n) is 7.96. The highest BCUT2D eigenvalue weighted by molar-refractivity contribution is 5.31. The molecule has 1 saturated heterocycles. The monoisotopic (exact) mass is 427 g/mol. The van der Waals surface area contributed by atoms with Gasteiger partial charge in [0.1, 0.15) is 0 Å². The zero-order valence-corrected chi connectivity index (χ0v) is 20.8. The summed E-state index contributed by atoms with van der Waals surface area (Å²) in [5.41, 5.74) is 1.98. The molecule has 176 valence electrons. The van der Waals surface area contributed by atoms with Crippen molar-refractivity contribution in [1.29, 1.82) is 0 Å². The molecular formula is C29H49NO. The third-order valence-corrected chi connectivity index (χ3v) is 7.96. The zero-order valence-electron chi connectivity index (χ0n) is 20.8. The van der Waals surface area contributed by atoms with Crippen molar-refractivity contribution in [3.63, 3.8) is 0 Å². The zero-order chi connectivity index (χ0) is 22.2. The highest BCUT2D eigenvalue weighted by Gasteiger charge is 2.38. The molecule has 0 spiro atoms. The predicted molar refractivity (Wildman–Crippen MR) is 134 cm³/mol. The summed E-state index contributed by atoms with van der Waals surface area (Å²) in [5, 5.41) is 12.4. The van der Waals surface area contributed by atoms with Crippen molar-refractivity contribution in [3.05, 3.63) is 35.4 Å². The van der Waals surface area contributed by atoms with Crippen LogP contribution in [0.1, 0.15) is 122 Å². The second kappa shape index (κ2) is 11.8. The van der Waals surface area contributed by atoms with Crippen molar-refractivity contribution in [2.24, 2.45) is 5.92 Å². The van der Waals surface area contributed by atoms with Crippen molar-refractivity contribution < 1.29 is 5.11 Å². The maximum Gasteiger partial charge on any atom is 0.0936 e. The number of benzene rings is 1. The largest absolute Gasteiger partial charge is 0.385 e. The SMILES string of the molecule is CC(C)(C)c1ccc(C2(O)CCCCCCCCCCC2CN2CCCCCC2)cc1. The van der Waals surface area contributed by atoms with Gasteiger partial charge >= 0.3 is 0 Å². The van der Waals surface area contributed by atoms with Crippen molar-refractivity contribution in [1.82, 2.24) is 4.90 Å². The summed E-state index contributed by atoms with van der Waals surface area (Å²) in [5.74, 6) is 0.338. The minimum absolute atomic E-state index is 0.152. The molecule has 2 fully saturated rings. The van der Waals surface area contributed by atoms with E-state index in [1.165, 1.54) is 89.3 Å². The van der Waals surface area contributed by atoms with E-state index < -0.39 is 5.60 Å². The molecule has 2 unspecified atom stereocenters. The first-order valence-corrected chi connectivity index (χ1v) is 13.5. The Bertz CT molecular complexity index is 623. The molecule has 1 aliphatic carbocycles. The average Bonchev–Trinajstić information content (AvgIpc) is 3.01. The van der Waals surface area contributed by atoms with Crippen LogP contribution in [0.4, 0.5) is 0 Å². The van der Waals surface area contributed by atoms with Gasteiger partial charge in [-0.2, -0.15) is 0 Å². The summed E-state index contributed by atoms with van der Waals surface area (Å²) in [6.07, 6.45) is 17.9. The molecule has 1 aromatic rings. The molecule has 3 rings (SSSR count). The van der Waals surface area contributed by atoms with E-state index in [2.05, 4.69) is 49.9 Å². The lowest BCUT2D eigenvalue weighted by atomic mass is 9.73. The number of rotatable bonds is 3. The number of likely N-dealkylation sites (tertiary alicyclic amines) is 1. The van der Waals surface area contributed by atoms with Gasteiger partial charge < -0.3 is 10.0 Å². The van der Waals surface area contributed by atoms with Crippen molar-refractivity contribution in [3.8, 4) is 0 Å². The number of hydrogen-bond donors (Lipinski definition) is 1. The van der Waals surface area contributed by atoms with Crippen LogP contribution < -0.4 is 0 Å². The third kappa shape index (κ3) is 7.32. The van der Waals surface area contributed by atoms with E-state index in [1.54, 1.807) is 0 Å². The van der Waals surface area contributed by atoms with Crippen molar-refractivity contribution >= 4 is 0 Å². The smallest absolute Gasteiger partial charge is 0.0936 e. The van der Waals surface area contributed by atoms with Gasteiger partial charge in [0.2, 0.25) is 0 Å². The van der Waals surface area contributed by atoms with Gasteiger partial charge in [-0.25, -0.2) is 0 Å². The summed E-state index contributed by atoms with van der Waals surface area (Å²) >= 11 is 0. The molecule has 31 heavy (non-hydrogen) atoms. The van der Waals surface area contributed by atoms with Crippen LogP contribution >= 0.6 is 0 Å². The van der Waals surface area contributed by atoms with Gasteiger partial charge in [-0.05, 0) is 55.3 Å². The van der Waals surface area contributed by atoms with Gasteiger partial charge in [-0.3, -0.25) is 0 Å². The predicted octanol–water partition coefficient (Wildman–Crippen LogP) is 7.58. The Labute approximate surface area is 192 Å². The van der Waals surface area contributed by atoms with E-state index in [4.69, 9.17) is 0 Å². The molecule has 0 amide bonds. The van der Waals surface area contributed by atoms with Crippen LogP contribution in [0.15, 0.2) is 24.3 Å². The maximum absolute atomic E-state index is 12.4. The Morgan fingerprint density at radius 2 is 1.29 bits per heavy atom. The fourth-order valence-corrected chi connectivity index (χ4v) is 5.80. The Balaban J connectivity index is 1.86. The molecule has 1 N–H and O–H groups in total. The molecule has 0 aromatic heterocycles. The van der Waals surface area contributed by atoms with Gasteiger partial charge in [0, 0.05) is 12.5 Å². The Kier molecular flexibility index (Phi) is 9.47. The summed E-state index contributed by atoms with van der Waals surface area (Å²) in [7, 11) is 0. The van der Waals surface area contributed by atoms with E-state index in [0.717, 1.165) is 31.4 Å². The molecule has 1 heterocycles. The summed E-state index contributed by atoms with van der Waals surface area (Å²) in [6.45, 7) is 10.3. The minimum Gasteiger partial charge on any atom is -0.385 e. The van der Waals surface area contributed by atoms with Crippen molar-refractivity contribution in [2.75, 3.05) is 19.6 Å². The number of nitrogens with zero attached hydrogens (tertiary/aromatic N) is 1. The molecule has 1 aromatic carbocycles. The molecule has 1 saturated carbocycles. The van der Waals surface area contributed by atoms with Crippen LogP contribution in [-0.4, -0.2) is 29.6 Å². The lowest BCUT2D eigenvalue weighted by Gasteiger charge is -2.40. The summed E-state index contributed by atoms with van der Waals surface area (Å²) in [4.78, 5) is 2.68. The second-order valence-corrected chi connectivity index (χ2v) is 11.5. The van der Waals surface area contributed by atoms with E-state index in [9.17, 15) is 5.11 Å². The molecular weight excluding hydrogens is 378 g/mol. The second-order valence-electron chi connectivity index (χ2n) is 11.5. The van der Waals surface area contributed by atoms with E-state index in [1.807, 2.05) is 0 Å². The van der Waals surface area contributed by atoms with E-state index >= 15 is 0 Å². The molecule has 0 radical (unpaired) electrons. The standard InChI is InChI=1S/C29H49NO/c1-28(2,3)25-17-19-26(20-18-25)29(31)21-13-9-7-5-4-6-8-12-16-27(29)24-30-22-14-10-11-15-23-30/h17-20,27,31H,4-16,21-24H2,1-3H3. The summed E-state index contributed by atoms with van der Waals surface area (Å²) in [6, 6.07) is 9.04. The Morgan fingerprint density at radius 3 is 1.87 bits per heavy atom. The number of aliphatic hydroxyl groups is 1. The topological polar surface area (TPSA) is 23.5 Å². The first-order chi connectivity index (χ1) is 14.9. The van der Waals surface area contributed by atoms with Crippen molar-refractivity contribution in [2.45, 2.75) is 122 Å². The quantitative estimate of drug-likeness (QED) is 0.537. The van der Waals surface area contributed by atoms with Crippen LogP contribution in [0.3, 0.4) is 0 Å². The molecule has 0 bridgehead atoms. The first-order valence-electron chi connectivity index (χ1n) is 13.5. The first kappa shape index (κ1) is 24.8. The molecule has 2 heteroatoms. The van der Waals surface area contributed by atoms with Crippen LogP contribution in [0, 0.1) is 5.92 Å². The highest BCUT2D eigenvalue weighted by Crippen LogP contribution is 2.40. The molecule has 2 atom stereocenters. The maximum atomic E-state index is 12.4. The summed E-state index contributed by atoms with van der Waals surface area (Å²) < 4.78 is 0. The molecule has 2 aliphatic rings. The van der Waals surface area contributed by atoms with Gasteiger partial charge in [-0.15, -0.1) is 0 Å². The van der Waals surface area contributed by atoms with Crippen LogP contribution in [0.2, 0.25) is 0 Å². The van der Waals surface area contributed by atoms with Gasteiger partial charge in [0.25, 0.3) is 0 Å².